The maximum absolute atomic E-state index is 5.55. The van der Waals surface area contributed by atoms with Gasteiger partial charge in [-0.05, 0) is 12.0 Å². The molecule has 0 saturated carbocycles. The molecule has 76 valence electrons. The number of nitrogens with one attached hydrogen (secondary N) is 1. The van der Waals surface area contributed by atoms with Crippen molar-refractivity contribution in [2.45, 2.75) is 20.3 Å². The number of hydrogen-bond acceptors (Lipinski definition) is 3. The normalized spacial score (nSPS) is 13.9. The summed E-state index contributed by atoms with van der Waals surface area (Å²) in [6, 6.07) is 3.98. The van der Waals surface area contributed by atoms with E-state index in [4.69, 9.17) is 4.74 Å². The van der Waals surface area contributed by atoms with Gasteiger partial charge >= 0.3 is 0 Å². The Bertz CT molecular complexity index is 323. The lowest BCUT2D eigenvalue weighted by molar-refractivity contribution is 0.261. The smallest absolute Gasteiger partial charge is 0.213 e. The standard InChI is InChI=1S/C11H16N2O/c1-8(2)7-14-11-4-3-9-10(13-11)5-6-12-9/h3-4,8,12H,5-7H2,1-2H3. The first-order chi connectivity index (χ1) is 6.75. The lowest BCUT2D eigenvalue weighted by atomic mass is 10.2. The molecule has 0 aromatic carbocycles. The molecular weight excluding hydrogens is 176 g/mol. The Morgan fingerprint density at radius 1 is 1.50 bits per heavy atom. The fraction of sp³-hybridized carbons (Fsp3) is 0.545. The molecule has 14 heavy (non-hydrogen) atoms. The predicted octanol–water partition coefficient (Wildman–Crippen LogP) is 2.08. The van der Waals surface area contributed by atoms with E-state index in [1.165, 1.54) is 0 Å². The fourth-order valence-corrected chi connectivity index (χ4v) is 1.48. The molecule has 0 spiro atoms. The van der Waals surface area contributed by atoms with Crippen LogP contribution < -0.4 is 10.1 Å². The van der Waals surface area contributed by atoms with Crippen LogP contribution in [0, 0.1) is 5.92 Å². The number of fused-ring (bicyclic) bond motifs is 1. The van der Waals surface area contributed by atoms with E-state index in [1.54, 1.807) is 0 Å². The number of ether oxygens (including phenoxy) is 1. The fourth-order valence-electron chi connectivity index (χ4n) is 1.48. The molecule has 1 aromatic heterocycles. The van der Waals surface area contributed by atoms with Crippen LogP contribution >= 0.6 is 0 Å². The third-order valence-corrected chi connectivity index (χ3v) is 2.19. The minimum Gasteiger partial charge on any atom is -0.477 e. The molecule has 0 fully saturated rings. The van der Waals surface area contributed by atoms with E-state index in [0.717, 1.165) is 36.8 Å². The number of nitrogens with zero attached hydrogens (tertiary/aromatic N) is 1. The summed E-state index contributed by atoms with van der Waals surface area (Å²) in [5.41, 5.74) is 2.29. The van der Waals surface area contributed by atoms with Crippen molar-refractivity contribution in [1.82, 2.24) is 4.98 Å². The van der Waals surface area contributed by atoms with E-state index in [0.29, 0.717) is 5.92 Å². The van der Waals surface area contributed by atoms with Gasteiger partial charge < -0.3 is 10.1 Å². The van der Waals surface area contributed by atoms with E-state index in [-0.39, 0.29) is 0 Å². The molecule has 1 N–H and O–H groups in total. The van der Waals surface area contributed by atoms with Gasteiger partial charge in [-0.3, -0.25) is 0 Å². The molecule has 1 aliphatic heterocycles. The number of rotatable bonds is 3. The summed E-state index contributed by atoms with van der Waals surface area (Å²) in [6.45, 7) is 6.00. The maximum Gasteiger partial charge on any atom is 0.213 e. The average molecular weight is 192 g/mol. The van der Waals surface area contributed by atoms with Crippen LogP contribution in [0.25, 0.3) is 0 Å². The zero-order valence-corrected chi connectivity index (χ0v) is 8.71. The first-order valence-electron chi connectivity index (χ1n) is 5.12. The Morgan fingerprint density at radius 3 is 3.14 bits per heavy atom. The zero-order valence-electron chi connectivity index (χ0n) is 8.71. The van der Waals surface area contributed by atoms with Crippen LogP contribution in [0.15, 0.2) is 12.1 Å². The van der Waals surface area contributed by atoms with Crippen molar-refractivity contribution in [3.63, 3.8) is 0 Å². The minimum atomic E-state index is 0.545. The quantitative estimate of drug-likeness (QED) is 0.796. The highest BCUT2D eigenvalue weighted by molar-refractivity contribution is 5.53. The summed E-state index contributed by atoms with van der Waals surface area (Å²) in [7, 11) is 0. The molecule has 0 radical (unpaired) electrons. The molecule has 0 aliphatic carbocycles. The molecule has 3 heteroatoms. The Balaban J connectivity index is 2.05. The maximum atomic E-state index is 5.55. The van der Waals surface area contributed by atoms with Crippen molar-refractivity contribution in [3.8, 4) is 5.88 Å². The van der Waals surface area contributed by atoms with Gasteiger partial charge in [0.15, 0.2) is 0 Å². The molecule has 0 amide bonds. The van der Waals surface area contributed by atoms with Gasteiger partial charge in [-0.25, -0.2) is 4.98 Å². The molecule has 0 bridgehead atoms. The van der Waals surface area contributed by atoms with Crippen LogP contribution in [-0.4, -0.2) is 18.1 Å². The van der Waals surface area contributed by atoms with Crippen molar-refractivity contribution in [3.05, 3.63) is 17.8 Å². The molecular formula is C11H16N2O. The van der Waals surface area contributed by atoms with Gasteiger partial charge in [0.1, 0.15) is 0 Å². The number of aromatic nitrogens is 1. The summed E-state index contributed by atoms with van der Waals surface area (Å²) >= 11 is 0. The second kappa shape index (κ2) is 3.86. The van der Waals surface area contributed by atoms with Crippen molar-refractivity contribution < 1.29 is 4.74 Å². The van der Waals surface area contributed by atoms with Crippen LogP contribution in [0.2, 0.25) is 0 Å². The van der Waals surface area contributed by atoms with Crippen LogP contribution in [0.1, 0.15) is 19.5 Å². The summed E-state index contributed by atoms with van der Waals surface area (Å²) in [6.07, 6.45) is 1.01. The number of pyridine rings is 1. The van der Waals surface area contributed by atoms with E-state index < -0.39 is 0 Å². The van der Waals surface area contributed by atoms with Crippen molar-refractivity contribution >= 4 is 5.69 Å². The zero-order chi connectivity index (χ0) is 9.97. The van der Waals surface area contributed by atoms with E-state index >= 15 is 0 Å². The second-order valence-corrected chi connectivity index (χ2v) is 4.03. The third kappa shape index (κ3) is 1.97. The largest absolute Gasteiger partial charge is 0.477 e. The van der Waals surface area contributed by atoms with Crippen molar-refractivity contribution in [1.29, 1.82) is 0 Å². The van der Waals surface area contributed by atoms with E-state index in [2.05, 4.69) is 24.1 Å². The molecule has 1 aliphatic rings. The Hall–Kier alpha value is -1.25. The first-order valence-corrected chi connectivity index (χ1v) is 5.12. The molecule has 3 nitrogen and oxygen atoms in total. The van der Waals surface area contributed by atoms with Crippen molar-refractivity contribution in [2.24, 2.45) is 5.92 Å². The van der Waals surface area contributed by atoms with Crippen LogP contribution in [-0.2, 0) is 6.42 Å². The van der Waals surface area contributed by atoms with Crippen LogP contribution in [0.4, 0.5) is 5.69 Å². The molecule has 0 unspecified atom stereocenters. The minimum absolute atomic E-state index is 0.545. The Morgan fingerprint density at radius 2 is 2.36 bits per heavy atom. The summed E-state index contributed by atoms with van der Waals surface area (Å²) in [5, 5.41) is 3.27. The third-order valence-electron chi connectivity index (χ3n) is 2.19. The lowest BCUT2D eigenvalue weighted by Crippen LogP contribution is -2.06. The van der Waals surface area contributed by atoms with Gasteiger partial charge in [-0.1, -0.05) is 13.8 Å². The van der Waals surface area contributed by atoms with Crippen LogP contribution in [0.5, 0.6) is 5.88 Å². The highest BCUT2D eigenvalue weighted by atomic mass is 16.5. The summed E-state index contributed by atoms with van der Waals surface area (Å²) in [5.74, 6) is 1.30. The monoisotopic (exact) mass is 192 g/mol. The highest BCUT2D eigenvalue weighted by Crippen LogP contribution is 2.22. The first kappa shape index (κ1) is 9.31. The van der Waals surface area contributed by atoms with E-state index in [1.807, 2.05) is 12.1 Å². The number of anilines is 1. The summed E-state index contributed by atoms with van der Waals surface area (Å²) < 4.78 is 5.55. The van der Waals surface area contributed by atoms with Gasteiger partial charge in [-0.15, -0.1) is 0 Å². The molecule has 1 aromatic rings. The van der Waals surface area contributed by atoms with E-state index in [9.17, 15) is 0 Å². The topological polar surface area (TPSA) is 34.1 Å². The van der Waals surface area contributed by atoms with Gasteiger partial charge in [-0.2, -0.15) is 0 Å². The Labute approximate surface area is 84.5 Å². The second-order valence-electron chi connectivity index (χ2n) is 4.03. The van der Waals surface area contributed by atoms with Gasteiger partial charge in [0.05, 0.1) is 18.0 Å². The number of hydrogen-bond donors (Lipinski definition) is 1. The summed E-state index contributed by atoms with van der Waals surface area (Å²) in [4.78, 5) is 4.44. The molecule has 2 heterocycles. The van der Waals surface area contributed by atoms with Gasteiger partial charge in [0, 0.05) is 19.0 Å². The molecule has 0 saturated heterocycles. The predicted molar refractivity (Wildman–Crippen MR) is 56.8 cm³/mol. The SMILES string of the molecule is CC(C)COc1ccc2c(n1)CCN2. The Kier molecular flexibility index (Phi) is 2.57. The lowest BCUT2D eigenvalue weighted by Gasteiger charge is -2.08. The van der Waals surface area contributed by atoms with Gasteiger partial charge in [0.2, 0.25) is 5.88 Å². The molecule has 0 atom stereocenters. The van der Waals surface area contributed by atoms with Gasteiger partial charge in [0.25, 0.3) is 0 Å². The average Bonchev–Trinajstić information content (AvgIpc) is 2.61. The van der Waals surface area contributed by atoms with Crippen LogP contribution in [0.3, 0.4) is 0 Å². The van der Waals surface area contributed by atoms with Crippen molar-refractivity contribution in [2.75, 3.05) is 18.5 Å². The highest BCUT2D eigenvalue weighted by Gasteiger charge is 2.11. The molecule has 2 rings (SSSR count).